The molecule has 0 radical (unpaired) electrons. The molecule has 112 valence electrons. The van der Waals surface area contributed by atoms with Crippen molar-refractivity contribution in [1.29, 1.82) is 0 Å². The van der Waals surface area contributed by atoms with E-state index in [4.69, 9.17) is 5.73 Å². The minimum absolute atomic E-state index is 0. The number of nitrogens with two attached hydrogens (primary N) is 1. The summed E-state index contributed by atoms with van der Waals surface area (Å²) in [5, 5.41) is 6.10. The molecule has 0 aromatic rings. The van der Waals surface area contributed by atoms with E-state index in [-0.39, 0.29) is 24.2 Å². The second-order valence-electron chi connectivity index (χ2n) is 5.76. The van der Waals surface area contributed by atoms with Crippen LogP contribution in [0.25, 0.3) is 0 Å². The molecule has 4 N–H and O–H groups in total. The van der Waals surface area contributed by atoms with Gasteiger partial charge in [0.05, 0.1) is 5.41 Å². The van der Waals surface area contributed by atoms with Gasteiger partial charge in [0.2, 0.25) is 11.8 Å². The van der Waals surface area contributed by atoms with Crippen molar-refractivity contribution in [3.63, 3.8) is 0 Å². The molecule has 0 aliphatic carbocycles. The molecule has 19 heavy (non-hydrogen) atoms. The number of hydrogen-bond donors (Lipinski definition) is 3. The average molecular weight is 292 g/mol. The van der Waals surface area contributed by atoms with Crippen LogP contribution in [0.3, 0.4) is 0 Å². The molecule has 0 bridgehead atoms. The Hall–Kier alpha value is -0.810. The number of piperidine rings is 1. The van der Waals surface area contributed by atoms with E-state index in [2.05, 4.69) is 10.6 Å². The van der Waals surface area contributed by atoms with Gasteiger partial charge in [0.15, 0.2) is 0 Å². The first kappa shape index (κ1) is 18.2. The number of halogens is 1. The predicted octanol–water partition coefficient (Wildman–Crippen LogP) is 0.816. The van der Waals surface area contributed by atoms with Crippen LogP contribution < -0.4 is 16.4 Å². The third-order valence-electron chi connectivity index (χ3n) is 3.63. The quantitative estimate of drug-likeness (QED) is 0.677. The van der Waals surface area contributed by atoms with Gasteiger partial charge in [-0.15, -0.1) is 12.4 Å². The summed E-state index contributed by atoms with van der Waals surface area (Å²) < 4.78 is 0. The van der Waals surface area contributed by atoms with Crippen LogP contribution in [0.2, 0.25) is 0 Å². The molecular formula is C13H26ClN3O2. The van der Waals surface area contributed by atoms with Crippen molar-refractivity contribution in [3.8, 4) is 0 Å². The lowest BCUT2D eigenvalue weighted by Gasteiger charge is -2.23. The molecule has 0 atom stereocenters. The fraction of sp³-hybridized carbons (Fsp3) is 0.846. The van der Waals surface area contributed by atoms with Crippen LogP contribution >= 0.6 is 12.4 Å². The fourth-order valence-electron chi connectivity index (χ4n) is 2.00. The normalized spacial score (nSPS) is 16.5. The minimum atomic E-state index is -0.676. The van der Waals surface area contributed by atoms with E-state index in [1.165, 1.54) is 0 Å². The number of amides is 2. The van der Waals surface area contributed by atoms with Crippen LogP contribution in [-0.2, 0) is 9.59 Å². The van der Waals surface area contributed by atoms with Crippen LogP contribution in [0.15, 0.2) is 0 Å². The smallest absolute Gasteiger partial charge is 0.224 e. The summed E-state index contributed by atoms with van der Waals surface area (Å²) in [5.41, 5.74) is 4.57. The largest absolute Gasteiger partial charge is 0.369 e. The lowest BCUT2D eigenvalue weighted by atomic mass is 9.91. The zero-order chi connectivity index (χ0) is 13.6. The van der Waals surface area contributed by atoms with Crippen LogP contribution in [0.1, 0.15) is 39.5 Å². The van der Waals surface area contributed by atoms with Crippen LogP contribution in [0.4, 0.5) is 0 Å². The van der Waals surface area contributed by atoms with Gasteiger partial charge in [0.1, 0.15) is 0 Å². The van der Waals surface area contributed by atoms with E-state index in [1.54, 1.807) is 13.8 Å². The van der Waals surface area contributed by atoms with Gasteiger partial charge >= 0.3 is 0 Å². The topological polar surface area (TPSA) is 84.2 Å². The summed E-state index contributed by atoms with van der Waals surface area (Å²) in [5.74, 6) is 0.283. The second kappa shape index (κ2) is 8.38. The number of carbonyl (C=O) groups is 2. The van der Waals surface area contributed by atoms with Crippen molar-refractivity contribution in [3.05, 3.63) is 0 Å². The molecule has 2 amide bonds. The summed E-state index contributed by atoms with van der Waals surface area (Å²) >= 11 is 0. The van der Waals surface area contributed by atoms with E-state index in [1.807, 2.05) is 0 Å². The first-order chi connectivity index (χ1) is 8.42. The van der Waals surface area contributed by atoms with E-state index in [9.17, 15) is 9.59 Å². The Balaban J connectivity index is 0.00000324. The molecule has 0 unspecified atom stereocenters. The van der Waals surface area contributed by atoms with Crippen molar-refractivity contribution in [2.75, 3.05) is 19.6 Å². The molecule has 1 aliphatic heterocycles. The molecule has 0 saturated carbocycles. The molecule has 0 aromatic heterocycles. The zero-order valence-electron chi connectivity index (χ0n) is 11.8. The standard InChI is InChI=1S/C13H25N3O2.ClH/c1-13(2,12(14)18)9-16-11(17)4-3-10-5-7-15-8-6-10;/h10,15H,3-9H2,1-2H3,(H2,14,18)(H,16,17);1H. The van der Waals surface area contributed by atoms with Gasteiger partial charge in [-0.05, 0) is 52.1 Å². The predicted molar refractivity (Wildman–Crippen MR) is 78.1 cm³/mol. The highest BCUT2D eigenvalue weighted by Gasteiger charge is 2.25. The van der Waals surface area contributed by atoms with Gasteiger partial charge in [0.25, 0.3) is 0 Å². The molecule has 1 fully saturated rings. The highest BCUT2D eigenvalue weighted by Crippen LogP contribution is 2.18. The molecule has 1 rings (SSSR count). The first-order valence-corrected chi connectivity index (χ1v) is 6.69. The Bertz CT molecular complexity index is 302. The summed E-state index contributed by atoms with van der Waals surface area (Å²) in [6.45, 7) is 5.90. The molecule has 0 spiro atoms. The van der Waals surface area contributed by atoms with E-state index in [0.717, 1.165) is 32.4 Å². The summed E-state index contributed by atoms with van der Waals surface area (Å²) in [4.78, 5) is 22.8. The maximum Gasteiger partial charge on any atom is 0.224 e. The van der Waals surface area contributed by atoms with Crippen LogP contribution in [0, 0.1) is 11.3 Å². The lowest BCUT2D eigenvalue weighted by molar-refractivity contribution is -0.127. The lowest BCUT2D eigenvalue weighted by Crippen LogP contribution is -2.42. The molecule has 1 heterocycles. The Morgan fingerprint density at radius 1 is 1.32 bits per heavy atom. The molecule has 1 aliphatic rings. The Morgan fingerprint density at radius 2 is 1.89 bits per heavy atom. The van der Waals surface area contributed by atoms with Gasteiger partial charge in [-0.25, -0.2) is 0 Å². The van der Waals surface area contributed by atoms with E-state index in [0.29, 0.717) is 18.9 Å². The van der Waals surface area contributed by atoms with Crippen molar-refractivity contribution in [1.82, 2.24) is 10.6 Å². The maximum absolute atomic E-state index is 11.7. The molecular weight excluding hydrogens is 266 g/mol. The van der Waals surface area contributed by atoms with E-state index >= 15 is 0 Å². The molecule has 0 aromatic carbocycles. The third kappa shape index (κ3) is 6.78. The van der Waals surface area contributed by atoms with Crippen LogP contribution in [-0.4, -0.2) is 31.4 Å². The first-order valence-electron chi connectivity index (χ1n) is 6.69. The monoisotopic (exact) mass is 291 g/mol. The van der Waals surface area contributed by atoms with E-state index < -0.39 is 5.41 Å². The highest BCUT2D eigenvalue weighted by molar-refractivity contribution is 5.85. The van der Waals surface area contributed by atoms with Gasteiger partial charge < -0.3 is 16.4 Å². The van der Waals surface area contributed by atoms with Gasteiger partial charge in [-0.3, -0.25) is 9.59 Å². The Kier molecular flexibility index (Phi) is 8.02. The number of nitrogens with one attached hydrogen (secondary N) is 2. The number of hydrogen-bond acceptors (Lipinski definition) is 3. The van der Waals surface area contributed by atoms with Crippen LogP contribution in [0.5, 0.6) is 0 Å². The number of rotatable bonds is 6. The van der Waals surface area contributed by atoms with Gasteiger partial charge in [-0.1, -0.05) is 0 Å². The Morgan fingerprint density at radius 3 is 2.42 bits per heavy atom. The highest BCUT2D eigenvalue weighted by atomic mass is 35.5. The average Bonchev–Trinajstić information content (AvgIpc) is 2.35. The number of carbonyl (C=O) groups excluding carboxylic acids is 2. The minimum Gasteiger partial charge on any atom is -0.369 e. The van der Waals surface area contributed by atoms with Gasteiger partial charge in [0, 0.05) is 13.0 Å². The summed E-state index contributed by atoms with van der Waals surface area (Å²) in [6, 6.07) is 0. The molecule has 5 nitrogen and oxygen atoms in total. The van der Waals surface area contributed by atoms with Crippen molar-refractivity contribution in [2.24, 2.45) is 17.1 Å². The van der Waals surface area contributed by atoms with Gasteiger partial charge in [-0.2, -0.15) is 0 Å². The van der Waals surface area contributed by atoms with Crippen molar-refractivity contribution >= 4 is 24.2 Å². The zero-order valence-corrected chi connectivity index (χ0v) is 12.6. The van der Waals surface area contributed by atoms with Crippen molar-refractivity contribution in [2.45, 2.75) is 39.5 Å². The fourth-order valence-corrected chi connectivity index (χ4v) is 2.00. The summed E-state index contributed by atoms with van der Waals surface area (Å²) in [6.07, 6.45) is 3.78. The number of primary amides is 1. The van der Waals surface area contributed by atoms with Crippen molar-refractivity contribution < 1.29 is 9.59 Å². The Labute approximate surface area is 121 Å². The SMILES string of the molecule is CC(C)(CNC(=O)CCC1CCNCC1)C(N)=O.Cl. The summed E-state index contributed by atoms with van der Waals surface area (Å²) in [7, 11) is 0. The third-order valence-corrected chi connectivity index (χ3v) is 3.63. The molecule has 1 saturated heterocycles. The maximum atomic E-state index is 11.7. The second-order valence-corrected chi connectivity index (χ2v) is 5.76. The molecule has 6 heteroatoms.